The summed E-state index contributed by atoms with van der Waals surface area (Å²) in [5, 5.41) is 9.08. The molecule has 1 aliphatic heterocycles. The second-order valence-corrected chi connectivity index (χ2v) is 4.88. The number of pyridine rings is 1. The average molecular weight is 281 g/mol. The fraction of sp³-hybridized carbons (Fsp3) is 0.188. The molecule has 0 saturated carbocycles. The number of nitrogens with zero attached hydrogens (tertiary/aromatic N) is 3. The number of aromatic nitrogens is 1. The minimum Gasteiger partial charge on any atom is -0.308 e. The van der Waals surface area contributed by atoms with Crippen LogP contribution in [0.4, 0.5) is 10.1 Å². The Hall–Kier alpha value is -2.74. The lowest BCUT2D eigenvalue weighted by atomic mass is 10.00. The Morgan fingerprint density at radius 3 is 3.00 bits per heavy atom. The van der Waals surface area contributed by atoms with Gasteiger partial charge in [-0.05, 0) is 36.2 Å². The highest BCUT2D eigenvalue weighted by molar-refractivity contribution is 5.96. The van der Waals surface area contributed by atoms with Crippen LogP contribution in [0.25, 0.3) is 0 Å². The third kappa shape index (κ3) is 2.48. The van der Waals surface area contributed by atoms with E-state index in [-0.39, 0.29) is 18.3 Å². The largest absolute Gasteiger partial charge is 0.308 e. The van der Waals surface area contributed by atoms with Crippen molar-refractivity contribution in [2.75, 3.05) is 4.90 Å². The van der Waals surface area contributed by atoms with Gasteiger partial charge in [-0.2, -0.15) is 5.26 Å². The van der Waals surface area contributed by atoms with Crippen molar-refractivity contribution in [2.24, 2.45) is 0 Å². The fourth-order valence-corrected chi connectivity index (χ4v) is 2.54. The Morgan fingerprint density at radius 1 is 1.33 bits per heavy atom. The summed E-state index contributed by atoms with van der Waals surface area (Å²) in [6.07, 6.45) is 2.43. The van der Waals surface area contributed by atoms with E-state index in [4.69, 9.17) is 5.26 Å². The van der Waals surface area contributed by atoms with Gasteiger partial charge in [0.25, 0.3) is 0 Å². The van der Waals surface area contributed by atoms with Crippen LogP contribution in [0, 0.1) is 17.1 Å². The fourth-order valence-electron chi connectivity index (χ4n) is 2.54. The molecule has 0 radical (unpaired) electrons. The molecule has 0 atom stereocenters. The molecule has 1 aromatic carbocycles. The first-order valence-electron chi connectivity index (χ1n) is 6.62. The minimum absolute atomic E-state index is 0.0261. The van der Waals surface area contributed by atoms with E-state index >= 15 is 0 Å². The van der Waals surface area contributed by atoms with E-state index in [9.17, 15) is 9.18 Å². The lowest BCUT2D eigenvalue weighted by molar-refractivity contribution is -0.119. The quantitative estimate of drug-likeness (QED) is 0.850. The number of carbonyl (C=O) groups excluding carboxylic acids is 1. The van der Waals surface area contributed by atoms with Crippen molar-refractivity contribution >= 4 is 11.6 Å². The number of benzene rings is 1. The third-order valence-electron chi connectivity index (χ3n) is 3.57. The molecular formula is C16H12FN3O. The van der Waals surface area contributed by atoms with Crippen molar-refractivity contribution in [3.63, 3.8) is 0 Å². The van der Waals surface area contributed by atoms with E-state index in [0.29, 0.717) is 29.8 Å². The van der Waals surface area contributed by atoms with Crippen LogP contribution in [-0.2, 0) is 17.8 Å². The number of carbonyl (C=O) groups is 1. The van der Waals surface area contributed by atoms with Gasteiger partial charge in [-0.15, -0.1) is 0 Å². The maximum Gasteiger partial charge on any atom is 0.227 e. The molecule has 2 heterocycles. The number of hydrogen-bond donors (Lipinski definition) is 0. The number of halogens is 1. The summed E-state index contributed by atoms with van der Waals surface area (Å²) in [6, 6.07) is 9.95. The second kappa shape index (κ2) is 5.33. The molecule has 4 nitrogen and oxygen atoms in total. The molecule has 1 aliphatic rings. The van der Waals surface area contributed by atoms with Crippen LogP contribution in [-0.4, -0.2) is 10.9 Å². The van der Waals surface area contributed by atoms with E-state index in [1.807, 2.05) is 6.07 Å². The van der Waals surface area contributed by atoms with Crippen LogP contribution in [0.3, 0.4) is 0 Å². The number of anilines is 1. The Labute approximate surface area is 121 Å². The normalized spacial score (nSPS) is 13.7. The lowest BCUT2D eigenvalue weighted by Crippen LogP contribution is -2.34. The molecule has 0 fully saturated rings. The van der Waals surface area contributed by atoms with Gasteiger partial charge >= 0.3 is 0 Å². The van der Waals surface area contributed by atoms with Crippen molar-refractivity contribution in [3.05, 3.63) is 59.2 Å². The first kappa shape index (κ1) is 13.3. The average Bonchev–Trinajstić information content (AvgIpc) is 2.50. The van der Waals surface area contributed by atoms with Crippen molar-refractivity contribution in [2.45, 2.75) is 19.4 Å². The zero-order valence-corrected chi connectivity index (χ0v) is 11.2. The maximum absolute atomic E-state index is 13.3. The molecule has 0 unspecified atom stereocenters. The van der Waals surface area contributed by atoms with E-state index in [1.54, 1.807) is 29.3 Å². The zero-order chi connectivity index (χ0) is 14.8. The molecule has 1 amide bonds. The highest BCUT2D eigenvalue weighted by Gasteiger charge is 2.25. The van der Waals surface area contributed by atoms with Crippen LogP contribution < -0.4 is 4.90 Å². The van der Waals surface area contributed by atoms with Gasteiger partial charge in [0.15, 0.2) is 0 Å². The SMILES string of the molecule is N#Cc1ncccc1CN1C(=O)CCc2cc(F)ccc21. The van der Waals surface area contributed by atoms with Gasteiger partial charge in [0.05, 0.1) is 6.54 Å². The number of fused-ring (bicyclic) bond motifs is 1. The topological polar surface area (TPSA) is 57.0 Å². The Balaban J connectivity index is 1.99. The summed E-state index contributed by atoms with van der Waals surface area (Å²) >= 11 is 0. The van der Waals surface area contributed by atoms with Crippen LogP contribution in [0.2, 0.25) is 0 Å². The maximum atomic E-state index is 13.3. The third-order valence-corrected chi connectivity index (χ3v) is 3.57. The zero-order valence-electron chi connectivity index (χ0n) is 11.2. The van der Waals surface area contributed by atoms with E-state index in [0.717, 1.165) is 5.56 Å². The Morgan fingerprint density at radius 2 is 2.19 bits per heavy atom. The van der Waals surface area contributed by atoms with Gasteiger partial charge in [-0.3, -0.25) is 4.79 Å². The highest BCUT2D eigenvalue weighted by Crippen LogP contribution is 2.30. The molecule has 0 saturated heterocycles. The first-order chi connectivity index (χ1) is 10.2. The van der Waals surface area contributed by atoms with Crippen LogP contribution >= 0.6 is 0 Å². The smallest absolute Gasteiger partial charge is 0.227 e. The van der Waals surface area contributed by atoms with Gasteiger partial charge < -0.3 is 4.90 Å². The first-order valence-corrected chi connectivity index (χ1v) is 6.62. The predicted molar refractivity (Wildman–Crippen MR) is 74.9 cm³/mol. The number of rotatable bonds is 2. The monoisotopic (exact) mass is 281 g/mol. The highest BCUT2D eigenvalue weighted by atomic mass is 19.1. The van der Waals surface area contributed by atoms with E-state index in [2.05, 4.69) is 4.98 Å². The van der Waals surface area contributed by atoms with Crippen molar-refractivity contribution < 1.29 is 9.18 Å². The van der Waals surface area contributed by atoms with Gasteiger partial charge in [0.2, 0.25) is 5.91 Å². The number of nitriles is 1. The second-order valence-electron chi connectivity index (χ2n) is 4.88. The molecule has 21 heavy (non-hydrogen) atoms. The summed E-state index contributed by atoms with van der Waals surface area (Å²) in [4.78, 5) is 17.8. The standard InChI is InChI=1S/C16H12FN3O/c17-13-4-5-15-11(8-13)3-6-16(21)20(15)10-12-2-1-7-19-14(12)9-18/h1-2,4-5,7-8H,3,6,10H2. The summed E-state index contributed by atoms with van der Waals surface area (Å²) < 4.78 is 13.3. The summed E-state index contributed by atoms with van der Waals surface area (Å²) in [5.74, 6) is -0.330. The van der Waals surface area contributed by atoms with Crippen molar-refractivity contribution in [1.82, 2.24) is 4.98 Å². The molecule has 0 aliphatic carbocycles. The van der Waals surface area contributed by atoms with Crippen LogP contribution in [0.5, 0.6) is 0 Å². The number of amides is 1. The van der Waals surface area contributed by atoms with Gasteiger partial charge in [-0.25, -0.2) is 9.37 Å². The minimum atomic E-state index is -0.304. The summed E-state index contributed by atoms with van der Waals surface area (Å²) in [5.41, 5.74) is 2.52. The molecular weight excluding hydrogens is 269 g/mol. The molecule has 0 N–H and O–H groups in total. The molecule has 5 heteroatoms. The Kier molecular flexibility index (Phi) is 3.36. The van der Waals surface area contributed by atoms with Gasteiger partial charge in [0, 0.05) is 23.9 Å². The van der Waals surface area contributed by atoms with Crippen molar-refractivity contribution in [3.8, 4) is 6.07 Å². The molecule has 1 aromatic heterocycles. The Bertz CT molecular complexity index is 751. The van der Waals surface area contributed by atoms with E-state index in [1.165, 1.54) is 12.1 Å². The number of hydrogen-bond acceptors (Lipinski definition) is 3. The molecule has 0 bridgehead atoms. The lowest BCUT2D eigenvalue weighted by Gasteiger charge is -2.29. The van der Waals surface area contributed by atoms with Gasteiger partial charge in [-0.1, -0.05) is 6.07 Å². The molecule has 104 valence electrons. The van der Waals surface area contributed by atoms with Crippen LogP contribution in [0.1, 0.15) is 23.2 Å². The summed E-state index contributed by atoms with van der Waals surface area (Å²) in [6.45, 7) is 0.272. The summed E-state index contributed by atoms with van der Waals surface area (Å²) in [7, 11) is 0. The molecule has 0 spiro atoms. The van der Waals surface area contributed by atoms with Crippen LogP contribution in [0.15, 0.2) is 36.5 Å². The number of aryl methyl sites for hydroxylation is 1. The molecule has 2 aromatic rings. The van der Waals surface area contributed by atoms with Crippen molar-refractivity contribution in [1.29, 1.82) is 5.26 Å². The van der Waals surface area contributed by atoms with Gasteiger partial charge in [0.1, 0.15) is 17.6 Å². The molecule has 3 rings (SSSR count). The predicted octanol–water partition coefficient (Wildman–Crippen LogP) is 2.57. The van der Waals surface area contributed by atoms with E-state index < -0.39 is 0 Å².